The number of carbonyl (C=O) groups is 2. The molecule has 1 aromatic heterocycles. The number of aromatic nitrogens is 2. The monoisotopic (exact) mass is 386 g/mol. The van der Waals surface area contributed by atoms with Crippen LogP contribution in [0.4, 0.5) is 16.3 Å². The molecule has 0 radical (unpaired) electrons. The smallest absolute Gasteiger partial charge is 0.324 e. The van der Waals surface area contributed by atoms with E-state index >= 15 is 0 Å². The van der Waals surface area contributed by atoms with Crippen LogP contribution in [0.3, 0.4) is 0 Å². The van der Waals surface area contributed by atoms with Crippen LogP contribution in [0, 0.1) is 6.92 Å². The van der Waals surface area contributed by atoms with Gasteiger partial charge in [0, 0.05) is 24.8 Å². The summed E-state index contributed by atoms with van der Waals surface area (Å²) in [6, 6.07) is 8.16. The van der Waals surface area contributed by atoms with Crippen LogP contribution in [0.25, 0.3) is 0 Å². The number of rotatable bonds is 5. The minimum Gasteiger partial charge on any atom is -0.394 e. The van der Waals surface area contributed by atoms with Crippen molar-refractivity contribution in [1.29, 1.82) is 0 Å². The Balaban J connectivity index is 1.59. The Morgan fingerprint density at radius 2 is 1.96 bits per heavy atom. The van der Waals surface area contributed by atoms with Crippen LogP contribution in [0.2, 0.25) is 0 Å². The summed E-state index contributed by atoms with van der Waals surface area (Å²) in [7, 11) is 0. The van der Waals surface area contributed by atoms with Gasteiger partial charge in [0.25, 0.3) is 0 Å². The quantitative estimate of drug-likeness (QED) is 0.617. The Hall–Kier alpha value is -2.91. The molecule has 0 aliphatic carbocycles. The molecule has 0 bridgehead atoms. The highest BCUT2D eigenvalue weighted by Gasteiger charge is 2.28. The van der Waals surface area contributed by atoms with E-state index in [2.05, 4.69) is 15.7 Å². The maximum Gasteiger partial charge on any atom is 0.324 e. The molecule has 0 spiro atoms. The topological polar surface area (TPSA) is 126 Å². The molecule has 5 N–H and O–H groups in total. The van der Waals surface area contributed by atoms with Crippen molar-refractivity contribution in [2.24, 2.45) is 5.73 Å². The van der Waals surface area contributed by atoms with E-state index in [-0.39, 0.29) is 24.6 Å². The molecule has 9 heteroatoms. The number of nitrogens with zero attached hydrogens (tertiary/aromatic N) is 3. The lowest BCUT2D eigenvalue weighted by atomic mass is 10.0. The number of nitrogens with two attached hydrogens (primary N) is 1. The maximum atomic E-state index is 12.4. The second-order valence-electron chi connectivity index (χ2n) is 6.90. The highest BCUT2D eigenvalue weighted by atomic mass is 16.3. The first kappa shape index (κ1) is 19.8. The van der Waals surface area contributed by atoms with Crippen molar-refractivity contribution in [3.05, 3.63) is 42.1 Å². The Labute approximate surface area is 163 Å². The molecule has 0 saturated carbocycles. The van der Waals surface area contributed by atoms with Gasteiger partial charge in [0.15, 0.2) is 0 Å². The van der Waals surface area contributed by atoms with Crippen LogP contribution in [0.1, 0.15) is 24.4 Å². The molecule has 3 rings (SSSR count). The van der Waals surface area contributed by atoms with E-state index in [0.717, 1.165) is 11.3 Å². The van der Waals surface area contributed by atoms with E-state index in [1.165, 1.54) is 0 Å². The van der Waals surface area contributed by atoms with Gasteiger partial charge in [-0.1, -0.05) is 18.2 Å². The first-order valence-corrected chi connectivity index (χ1v) is 9.32. The SMILES string of the molecule is Cc1ccccc1NC(=O)Nc1ccnn1C1CCN(C(=O)[C@@H](N)CO)CC1. The van der Waals surface area contributed by atoms with E-state index in [1.54, 1.807) is 21.8 Å². The van der Waals surface area contributed by atoms with Crippen LogP contribution in [0.15, 0.2) is 36.5 Å². The van der Waals surface area contributed by atoms with Gasteiger partial charge in [-0.2, -0.15) is 5.10 Å². The number of likely N-dealkylation sites (tertiary alicyclic amines) is 1. The largest absolute Gasteiger partial charge is 0.394 e. The molecule has 9 nitrogen and oxygen atoms in total. The van der Waals surface area contributed by atoms with E-state index in [1.807, 2.05) is 31.2 Å². The lowest BCUT2D eigenvalue weighted by molar-refractivity contribution is -0.134. The van der Waals surface area contributed by atoms with Gasteiger partial charge < -0.3 is 21.1 Å². The summed E-state index contributed by atoms with van der Waals surface area (Å²) in [5.74, 6) is 0.361. The molecule has 1 aliphatic heterocycles. The highest BCUT2D eigenvalue weighted by Crippen LogP contribution is 2.26. The number of urea groups is 1. The predicted molar refractivity (Wildman–Crippen MR) is 106 cm³/mol. The van der Waals surface area contributed by atoms with Crippen molar-refractivity contribution < 1.29 is 14.7 Å². The minimum atomic E-state index is -0.872. The van der Waals surface area contributed by atoms with E-state index in [0.29, 0.717) is 31.7 Å². The van der Waals surface area contributed by atoms with Crippen LogP contribution in [0.5, 0.6) is 0 Å². The average Bonchev–Trinajstić information content (AvgIpc) is 3.16. The predicted octanol–water partition coefficient (Wildman–Crippen LogP) is 1.32. The number of piperidine rings is 1. The molecule has 1 atom stereocenters. The summed E-state index contributed by atoms with van der Waals surface area (Å²) in [4.78, 5) is 26.1. The molecule has 0 unspecified atom stereocenters. The minimum absolute atomic E-state index is 0.0677. The zero-order chi connectivity index (χ0) is 20.1. The number of carbonyl (C=O) groups excluding carboxylic acids is 2. The van der Waals surface area contributed by atoms with Crippen LogP contribution < -0.4 is 16.4 Å². The van der Waals surface area contributed by atoms with Gasteiger partial charge in [0.2, 0.25) is 5.91 Å². The van der Waals surface area contributed by atoms with Gasteiger partial charge in [0.05, 0.1) is 18.8 Å². The van der Waals surface area contributed by atoms with Gasteiger partial charge in [-0.3, -0.25) is 10.1 Å². The van der Waals surface area contributed by atoms with Crippen LogP contribution in [-0.4, -0.2) is 57.5 Å². The number of benzene rings is 1. The average molecular weight is 386 g/mol. The third-order valence-corrected chi connectivity index (χ3v) is 4.94. The zero-order valence-electron chi connectivity index (χ0n) is 15.8. The number of aryl methyl sites for hydroxylation is 1. The van der Waals surface area contributed by atoms with E-state index < -0.39 is 6.04 Å². The van der Waals surface area contributed by atoms with Crippen molar-refractivity contribution >= 4 is 23.4 Å². The van der Waals surface area contributed by atoms with Gasteiger partial charge in [-0.05, 0) is 31.4 Å². The second-order valence-corrected chi connectivity index (χ2v) is 6.90. The summed E-state index contributed by atoms with van der Waals surface area (Å²) >= 11 is 0. The normalized spacial score (nSPS) is 15.9. The third kappa shape index (κ3) is 4.49. The maximum absolute atomic E-state index is 12.4. The van der Waals surface area contributed by atoms with E-state index in [4.69, 9.17) is 10.8 Å². The number of para-hydroxylation sites is 1. The Kier molecular flexibility index (Phi) is 6.27. The highest BCUT2D eigenvalue weighted by molar-refractivity contribution is 5.99. The van der Waals surface area contributed by atoms with Gasteiger partial charge in [-0.25, -0.2) is 9.48 Å². The zero-order valence-corrected chi connectivity index (χ0v) is 15.8. The summed E-state index contributed by atoms with van der Waals surface area (Å²) in [6.07, 6.45) is 3.03. The number of nitrogens with one attached hydrogen (secondary N) is 2. The summed E-state index contributed by atoms with van der Waals surface area (Å²) in [5, 5.41) is 19.1. The lowest BCUT2D eigenvalue weighted by Gasteiger charge is -2.33. The summed E-state index contributed by atoms with van der Waals surface area (Å²) in [6.45, 7) is 2.64. The van der Waals surface area contributed by atoms with Gasteiger partial charge >= 0.3 is 6.03 Å². The van der Waals surface area contributed by atoms with Crippen LogP contribution >= 0.6 is 0 Å². The molecule has 150 valence electrons. The number of anilines is 2. The van der Waals surface area contributed by atoms with Crippen LogP contribution in [-0.2, 0) is 4.79 Å². The lowest BCUT2D eigenvalue weighted by Crippen LogP contribution is -2.48. The van der Waals surface area contributed by atoms with Crippen molar-refractivity contribution in [2.75, 3.05) is 30.3 Å². The second kappa shape index (κ2) is 8.85. The fourth-order valence-electron chi connectivity index (χ4n) is 3.33. The molecule has 1 aromatic carbocycles. The fraction of sp³-hybridized carbons (Fsp3) is 0.421. The van der Waals surface area contributed by atoms with Crippen molar-refractivity contribution in [2.45, 2.75) is 31.8 Å². The Morgan fingerprint density at radius 3 is 2.64 bits per heavy atom. The molecule has 1 fully saturated rings. The van der Waals surface area contributed by atoms with Crippen molar-refractivity contribution in [3.63, 3.8) is 0 Å². The molecule has 3 amide bonds. The number of aliphatic hydroxyl groups excluding tert-OH is 1. The third-order valence-electron chi connectivity index (χ3n) is 4.94. The molecule has 1 aliphatic rings. The Morgan fingerprint density at radius 1 is 1.25 bits per heavy atom. The molecule has 28 heavy (non-hydrogen) atoms. The molecule has 2 heterocycles. The number of aliphatic hydroxyl groups is 1. The summed E-state index contributed by atoms with van der Waals surface area (Å²) < 4.78 is 1.78. The number of amides is 3. The number of hydrogen-bond acceptors (Lipinski definition) is 5. The molecule has 1 saturated heterocycles. The Bertz CT molecular complexity index is 829. The van der Waals surface area contributed by atoms with E-state index in [9.17, 15) is 9.59 Å². The fourth-order valence-corrected chi connectivity index (χ4v) is 3.33. The molecular weight excluding hydrogens is 360 g/mol. The molecular formula is C19H26N6O3. The van der Waals surface area contributed by atoms with Gasteiger partial charge in [-0.15, -0.1) is 0 Å². The number of hydrogen-bond donors (Lipinski definition) is 4. The molecule has 2 aromatic rings. The van der Waals surface area contributed by atoms with Crippen molar-refractivity contribution in [1.82, 2.24) is 14.7 Å². The van der Waals surface area contributed by atoms with Crippen molar-refractivity contribution in [3.8, 4) is 0 Å². The summed E-state index contributed by atoms with van der Waals surface area (Å²) in [5.41, 5.74) is 7.34. The van der Waals surface area contributed by atoms with Gasteiger partial charge in [0.1, 0.15) is 11.9 Å². The first-order chi connectivity index (χ1) is 13.5. The first-order valence-electron chi connectivity index (χ1n) is 9.32. The standard InChI is InChI=1S/C19H26N6O3/c1-13-4-2-3-5-16(13)22-19(28)23-17-6-9-21-25(17)14-7-10-24(11-8-14)18(27)15(20)12-26/h2-6,9,14-15,26H,7-8,10-12,20H2,1H3,(H2,22,23,28)/t15-/m0/s1.